The van der Waals surface area contributed by atoms with Gasteiger partial charge in [-0.15, -0.1) is 0 Å². The van der Waals surface area contributed by atoms with Crippen molar-refractivity contribution in [3.05, 3.63) is 29.8 Å². The van der Waals surface area contributed by atoms with Gasteiger partial charge < -0.3 is 14.6 Å². The van der Waals surface area contributed by atoms with Gasteiger partial charge in [-0.1, -0.05) is 26.0 Å². The highest BCUT2D eigenvalue weighted by atomic mass is 16.5. The Morgan fingerprint density at radius 2 is 1.85 bits per heavy atom. The highest BCUT2D eigenvalue weighted by Crippen LogP contribution is 2.19. The van der Waals surface area contributed by atoms with Crippen LogP contribution in [0, 0.1) is 0 Å². The molecule has 0 aliphatic carbocycles. The Morgan fingerprint density at radius 1 is 1.15 bits per heavy atom. The van der Waals surface area contributed by atoms with Gasteiger partial charge in [0.05, 0.1) is 19.3 Å². The van der Waals surface area contributed by atoms with E-state index >= 15 is 0 Å². The lowest BCUT2D eigenvalue weighted by Crippen LogP contribution is -2.31. The third kappa shape index (κ3) is 5.90. The molecule has 0 saturated carbocycles. The van der Waals surface area contributed by atoms with Crippen LogP contribution >= 0.6 is 0 Å². The maximum atomic E-state index is 10.3. The molecule has 1 unspecified atom stereocenters. The van der Waals surface area contributed by atoms with Crippen LogP contribution in [0.4, 0.5) is 0 Å². The van der Waals surface area contributed by atoms with Crippen molar-refractivity contribution in [1.29, 1.82) is 0 Å². The van der Waals surface area contributed by atoms with Crippen LogP contribution in [0.1, 0.15) is 31.9 Å². The van der Waals surface area contributed by atoms with Crippen molar-refractivity contribution in [1.82, 2.24) is 4.90 Å². The van der Waals surface area contributed by atoms with E-state index in [-0.39, 0.29) is 0 Å². The first kappa shape index (κ1) is 17.0. The number of hydrogen-bond acceptors (Lipinski definition) is 4. The van der Waals surface area contributed by atoms with E-state index in [1.165, 1.54) is 0 Å². The minimum Gasteiger partial charge on any atom is -0.494 e. The van der Waals surface area contributed by atoms with Gasteiger partial charge in [0.25, 0.3) is 0 Å². The molecule has 1 N–H and O–H groups in total. The molecule has 1 aromatic carbocycles. The minimum atomic E-state index is -0.480. The van der Waals surface area contributed by atoms with E-state index in [1.807, 2.05) is 24.3 Å². The molecule has 0 saturated heterocycles. The van der Waals surface area contributed by atoms with Crippen LogP contribution in [0.3, 0.4) is 0 Å². The first-order valence-electron chi connectivity index (χ1n) is 7.33. The number of ether oxygens (including phenoxy) is 2. The zero-order valence-electron chi connectivity index (χ0n) is 12.8. The third-order valence-corrected chi connectivity index (χ3v) is 3.23. The molecular weight excluding hydrogens is 254 g/mol. The van der Waals surface area contributed by atoms with E-state index in [4.69, 9.17) is 9.47 Å². The summed E-state index contributed by atoms with van der Waals surface area (Å²) in [7, 11) is 1.69. The number of benzene rings is 1. The summed E-state index contributed by atoms with van der Waals surface area (Å²) in [6.45, 7) is 7.93. The molecule has 20 heavy (non-hydrogen) atoms. The number of rotatable bonds is 10. The number of aliphatic hydroxyl groups is 1. The monoisotopic (exact) mass is 281 g/mol. The Labute approximate surface area is 122 Å². The standard InChI is InChI=1S/C16H27NO3/c1-4-11-20-15-8-6-14(7-9-15)16(18)13-17(5-2)10-12-19-3/h6-9,16,18H,4-5,10-13H2,1-3H3. The zero-order valence-corrected chi connectivity index (χ0v) is 12.8. The summed E-state index contributed by atoms with van der Waals surface area (Å²) in [5, 5.41) is 10.3. The molecule has 4 heteroatoms. The Bertz CT molecular complexity index is 353. The van der Waals surface area contributed by atoms with Crippen LogP contribution in [-0.4, -0.2) is 50.0 Å². The lowest BCUT2D eigenvalue weighted by atomic mass is 10.1. The first-order valence-corrected chi connectivity index (χ1v) is 7.33. The second kappa shape index (κ2) is 9.75. The van der Waals surface area contributed by atoms with Gasteiger partial charge in [0.15, 0.2) is 0 Å². The molecule has 0 aliphatic heterocycles. The fraction of sp³-hybridized carbons (Fsp3) is 0.625. The molecule has 0 spiro atoms. The van der Waals surface area contributed by atoms with Crippen LogP contribution in [0.15, 0.2) is 24.3 Å². The largest absolute Gasteiger partial charge is 0.494 e. The predicted molar refractivity (Wildman–Crippen MR) is 81.2 cm³/mol. The topological polar surface area (TPSA) is 41.9 Å². The van der Waals surface area contributed by atoms with Gasteiger partial charge in [-0.05, 0) is 30.7 Å². The van der Waals surface area contributed by atoms with Gasteiger partial charge in [-0.25, -0.2) is 0 Å². The summed E-state index contributed by atoms with van der Waals surface area (Å²) in [6.07, 6.45) is 0.516. The maximum absolute atomic E-state index is 10.3. The summed E-state index contributed by atoms with van der Waals surface area (Å²) in [6, 6.07) is 7.69. The highest BCUT2D eigenvalue weighted by Gasteiger charge is 2.12. The van der Waals surface area contributed by atoms with Gasteiger partial charge >= 0.3 is 0 Å². The van der Waals surface area contributed by atoms with E-state index in [0.717, 1.165) is 37.4 Å². The summed E-state index contributed by atoms with van der Waals surface area (Å²) in [5.41, 5.74) is 0.921. The van der Waals surface area contributed by atoms with Gasteiger partial charge in [-0.3, -0.25) is 4.90 Å². The second-order valence-electron chi connectivity index (χ2n) is 4.82. The van der Waals surface area contributed by atoms with E-state index in [1.54, 1.807) is 7.11 Å². The van der Waals surface area contributed by atoms with Gasteiger partial charge in [0.1, 0.15) is 5.75 Å². The van der Waals surface area contributed by atoms with Crippen molar-refractivity contribution < 1.29 is 14.6 Å². The molecule has 1 rings (SSSR count). The quantitative estimate of drug-likeness (QED) is 0.715. The van der Waals surface area contributed by atoms with Crippen molar-refractivity contribution in [3.63, 3.8) is 0 Å². The molecule has 0 heterocycles. The number of hydrogen-bond donors (Lipinski definition) is 1. The molecule has 0 amide bonds. The highest BCUT2D eigenvalue weighted by molar-refractivity contribution is 5.28. The fourth-order valence-electron chi connectivity index (χ4n) is 1.95. The van der Waals surface area contributed by atoms with Gasteiger partial charge in [0.2, 0.25) is 0 Å². The van der Waals surface area contributed by atoms with Crippen molar-refractivity contribution in [2.75, 3.05) is 40.0 Å². The minimum absolute atomic E-state index is 0.480. The van der Waals surface area contributed by atoms with Crippen LogP contribution in [0.25, 0.3) is 0 Å². The third-order valence-electron chi connectivity index (χ3n) is 3.23. The lowest BCUT2D eigenvalue weighted by Gasteiger charge is -2.23. The molecule has 1 atom stereocenters. The normalized spacial score (nSPS) is 12.7. The Kier molecular flexibility index (Phi) is 8.26. The number of methoxy groups -OCH3 is 1. The van der Waals surface area contributed by atoms with Crippen molar-refractivity contribution in [2.24, 2.45) is 0 Å². The molecule has 4 nitrogen and oxygen atoms in total. The van der Waals surface area contributed by atoms with E-state index in [2.05, 4.69) is 18.7 Å². The SMILES string of the molecule is CCCOc1ccc(C(O)CN(CC)CCOC)cc1. The Hall–Kier alpha value is -1.10. The van der Waals surface area contributed by atoms with Gasteiger partial charge in [-0.2, -0.15) is 0 Å². The Morgan fingerprint density at radius 3 is 2.40 bits per heavy atom. The average molecular weight is 281 g/mol. The van der Waals surface area contributed by atoms with E-state index in [9.17, 15) is 5.11 Å². The zero-order chi connectivity index (χ0) is 14.8. The molecule has 0 aliphatic rings. The van der Waals surface area contributed by atoms with Gasteiger partial charge in [0, 0.05) is 20.2 Å². The van der Waals surface area contributed by atoms with Crippen LogP contribution in [-0.2, 0) is 4.74 Å². The van der Waals surface area contributed by atoms with Crippen LogP contribution in [0.5, 0.6) is 5.75 Å². The molecule has 0 aromatic heterocycles. The molecule has 0 bridgehead atoms. The summed E-state index contributed by atoms with van der Waals surface area (Å²) < 4.78 is 10.6. The maximum Gasteiger partial charge on any atom is 0.119 e. The Balaban J connectivity index is 2.51. The molecule has 0 fully saturated rings. The summed E-state index contributed by atoms with van der Waals surface area (Å²) >= 11 is 0. The fourth-order valence-corrected chi connectivity index (χ4v) is 1.95. The van der Waals surface area contributed by atoms with E-state index < -0.39 is 6.10 Å². The average Bonchev–Trinajstić information content (AvgIpc) is 2.49. The number of likely N-dealkylation sites (N-methyl/N-ethyl adjacent to an activating group) is 1. The number of nitrogens with zero attached hydrogens (tertiary/aromatic N) is 1. The summed E-state index contributed by atoms with van der Waals surface area (Å²) in [4.78, 5) is 2.18. The smallest absolute Gasteiger partial charge is 0.119 e. The van der Waals surface area contributed by atoms with E-state index in [0.29, 0.717) is 13.2 Å². The molecular formula is C16H27NO3. The lowest BCUT2D eigenvalue weighted by molar-refractivity contribution is 0.0920. The predicted octanol–water partition coefficient (Wildman–Crippen LogP) is 2.48. The molecule has 1 aromatic rings. The first-order chi connectivity index (χ1) is 9.71. The summed E-state index contributed by atoms with van der Waals surface area (Å²) in [5.74, 6) is 0.856. The number of aliphatic hydroxyl groups excluding tert-OH is 1. The molecule has 0 radical (unpaired) electrons. The van der Waals surface area contributed by atoms with Crippen molar-refractivity contribution >= 4 is 0 Å². The van der Waals surface area contributed by atoms with Crippen LogP contribution < -0.4 is 4.74 Å². The second-order valence-corrected chi connectivity index (χ2v) is 4.82. The van der Waals surface area contributed by atoms with Crippen molar-refractivity contribution in [3.8, 4) is 5.75 Å². The molecule has 114 valence electrons. The van der Waals surface area contributed by atoms with Crippen molar-refractivity contribution in [2.45, 2.75) is 26.4 Å². The van der Waals surface area contributed by atoms with Crippen LogP contribution in [0.2, 0.25) is 0 Å².